The Morgan fingerprint density at radius 3 is 2.79 bits per heavy atom. The summed E-state index contributed by atoms with van der Waals surface area (Å²) in [6.45, 7) is 4.10. The van der Waals surface area contributed by atoms with Gasteiger partial charge in [0.1, 0.15) is 0 Å². The van der Waals surface area contributed by atoms with Gasteiger partial charge in [0.25, 0.3) is 5.89 Å². The van der Waals surface area contributed by atoms with E-state index in [0.717, 1.165) is 16.1 Å². The Morgan fingerprint density at radius 2 is 2.04 bits per heavy atom. The van der Waals surface area contributed by atoms with Gasteiger partial charge in [-0.15, -0.1) is 16.4 Å². The van der Waals surface area contributed by atoms with Crippen LogP contribution in [-0.4, -0.2) is 25.1 Å². The lowest BCUT2D eigenvalue weighted by Crippen LogP contribution is -2.03. The van der Waals surface area contributed by atoms with Gasteiger partial charge in [-0.2, -0.15) is 9.67 Å². The topological polar surface area (TPSA) is 95.6 Å². The predicted octanol–water partition coefficient (Wildman–Crippen LogP) is 3.24. The highest BCUT2D eigenvalue weighted by molar-refractivity contribution is 7.13. The molecule has 0 aliphatic rings. The molecule has 3 aromatic heterocycles. The molecule has 4 aromatic rings. The number of nitrogens with zero attached hydrogens (tertiary/aromatic N) is 5. The van der Waals surface area contributed by atoms with Crippen LogP contribution in [0, 0.1) is 13.8 Å². The lowest BCUT2D eigenvalue weighted by Gasteiger charge is -2.06. The van der Waals surface area contributed by atoms with Crippen molar-refractivity contribution in [3.8, 4) is 28.0 Å². The maximum absolute atomic E-state index is 6.20. The van der Waals surface area contributed by atoms with Gasteiger partial charge < -0.3 is 10.3 Å². The number of hydrogen-bond acceptors (Lipinski definition) is 7. The van der Waals surface area contributed by atoms with Gasteiger partial charge in [-0.25, -0.2) is 0 Å². The van der Waals surface area contributed by atoms with Crippen LogP contribution in [-0.2, 0) is 0 Å². The zero-order valence-electron chi connectivity index (χ0n) is 13.1. The minimum atomic E-state index is 0.256. The summed E-state index contributed by atoms with van der Waals surface area (Å²) in [7, 11) is 0. The first-order valence-corrected chi connectivity index (χ1v) is 8.18. The van der Waals surface area contributed by atoms with Crippen LogP contribution in [0.2, 0.25) is 0 Å². The summed E-state index contributed by atoms with van der Waals surface area (Å²) in [4.78, 5) is 5.28. The smallest absolute Gasteiger partial charge is 0.282 e. The Balaban J connectivity index is 1.73. The van der Waals surface area contributed by atoms with Crippen molar-refractivity contribution in [1.29, 1.82) is 0 Å². The van der Waals surface area contributed by atoms with Crippen molar-refractivity contribution in [2.24, 2.45) is 0 Å². The Morgan fingerprint density at radius 1 is 1.17 bits per heavy atom. The van der Waals surface area contributed by atoms with Crippen LogP contribution in [0.3, 0.4) is 0 Å². The lowest BCUT2D eigenvalue weighted by atomic mass is 10.1. The number of thiophene rings is 1. The van der Waals surface area contributed by atoms with E-state index in [1.807, 2.05) is 42.6 Å². The van der Waals surface area contributed by atoms with Crippen LogP contribution in [0.4, 0.5) is 5.82 Å². The third-order valence-corrected chi connectivity index (χ3v) is 4.68. The normalized spacial score (nSPS) is 11.1. The summed E-state index contributed by atoms with van der Waals surface area (Å²) in [5, 5.41) is 14.2. The van der Waals surface area contributed by atoms with E-state index in [-0.39, 0.29) is 5.89 Å². The van der Waals surface area contributed by atoms with Gasteiger partial charge >= 0.3 is 0 Å². The molecule has 120 valence electrons. The van der Waals surface area contributed by atoms with E-state index in [0.29, 0.717) is 17.3 Å². The van der Waals surface area contributed by atoms with E-state index in [2.05, 4.69) is 27.4 Å². The molecule has 1 aromatic carbocycles. The van der Waals surface area contributed by atoms with E-state index in [9.17, 15) is 0 Å². The maximum Gasteiger partial charge on any atom is 0.282 e. The highest BCUT2D eigenvalue weighted by Crippen LogP contribution is 2.28. The first-order valence-electron chi connectivity index (χ1n) is 7.30. The van der Waals surface area contributed by atoms with E-state index in [1.165, 1.54) is 16.9 Å². The molecule has 0 saturated heterocycles. The second kappa shape index (κ2) is 5.57. The monoisotopic (exact) mass is 338 g/mol. The number of nitrogen functional groups attached to an aromatic ring is 1. The maximum atomic E-state index is 6.20. The minimum Gasteiger partial charge on any atom is -0.382 e. The average Bonchev–Trinajstić information content (AvgIpc) is 3.29. The number of anilines is 1. The number of nitrogens with two attached hydrogens (primary N) is 1. The summed E-state index contributed by atoms with van der Waals surface area (Å²) in [6, 6.07) is 9.83. The first-order chi connectivity index (χ1) is 11.6. The van der Waals surface area contributed by atoms with Crippen molar-refractivity contribution >= 4 is 17.2 Å². The van der Waals surface area contributed by atoms with E-state index in [4.69, 9.17) is 10.3 Å². The summed E-state index contributed by atoms with van der Waals surface area (Å²) in [5.74, 6) is 1.13. The molecule has 0 atom stereocenters. The molecule has 0 unspecified atom stereocenters. The number of aromatic nitrogens is 5. The molecule has 0 spiro atoms. The third kappa shape index (κ3) is 2.37. The molecule has 0 aliphatic heterocycles. The van der Waals surface area contributed by atoms with Crippen molar-refractivity contribution in [3.63, 3.8) is 0 Å². The summed E-state index contributed by atoms with van der Waals surface area (Å²) in [5.41, 5.74) is 9.77. The van der Waals surface area contributed by atoms with E-state index >= 15 is 0 Å². The largest absolute Gasteiger partial charge is 0.382 e. The summed E-state index contributed by atoms with van der Waals surface area (Å²) >= 11 is 1.54. The number of benzene rings is 1. The van der Waals surface area contributed by atoms with Crippen molar-refractivity contribution in [2.45, 2.75) is 13.8 Å². The van der Waals surface area contributed by atoms with Gasteiger partial charge in [0.15, 0.2) is 11.5 Å². The van der Waals surface area contributed by atoms with Crippen molar-refractivity contribution in [2.75, 3.05) is 5.73 Å². The Labute approximate surface area is 141 Å². The van der Waals surface area contributed by atoms with Gasteiger partial charge in [-0.05, 0) is 48.6 Å². The van der Waals surface area contributed by atoms with Crippen molar-refractivity contribution in [1.82, 2.24) is 25.1 Å². The average molecular weight is 338 g/mol. The van der Waals surface area contributed by atoms with Crippen molar-refractivity contribution in [3.05, 3.63) is 46.8 Å². The number of aryl methyl sites for hydroxylation is 2. The van der Waals surface area contributed by atoms with Gasteiger partial charge in [-0.3, -0.25) is 0 Å². The molecule has 3 heterocycles. The van der Waals surface area contributed by atoms with Crippen LogP contribution < -0.4 is 5.73 Å². The molecule has 0 radical (unpaired) electrons. The molecule has 2 N–H and O–H groups in total. The quantitative estimate of drug-likeness (QED) is 0.616. The fourth-order valence-electron chi connectivity index (χ4n) is 2.32. The standard InChI is InChI=1S/C16H14N6OS/c1-9-5-6-11(8-10(9)2)22-14(17)13(19-21-22)16-18-15(20-23-16)12-4-3-7-24-12/h3-8H,17H2,1-2H3. The van der Waals surface area contributed by atoms with Gasteiger partial charge in [0.2, 0.25) is 5.82 Å². The minimum absolute atomic E-state index is 0.256. The molecular formula is C16H14N6OS. The molecule has 0 saturated carbocycles. The molecule has 0 fully saturated rings. The molecule has 0 bridgehead atoms. The van der Waals surface area contributed by atoms with Crippen LogP contribution >= 0.6 is 11.3 Å². The van der Waals surface area contributed by atoms with Crippen LogP contribution in [0.25, 0.3) is 28.0 Å². The SMILES string of the molecule is Cc1ccc(-n2nnc(-c3nc(-c4cccs4)no3)c2N)cc1C. The Hall–Kier alpha value is -3.00. The van der Waals surface area contributed by atoms with Gasteiger partial charge in [-0.1, -0.05) is 22.5 Å². The molecule has 8 heteroatoms. The Kier molecular flexibility index (Phi) is 3.39. The molecule has 24 heavy (non-hydrogen) atoms. The number of rotatable bonds is 3. The second-order valence-electron chi connectivity index (χ2n) is 5.40. The molecule has 0 amide bonds. The summed E-state index contributed by atoms with van der Waals surface area (Å²) < 4.78 is 6.86. The fraction of sp³-hybridized carbons (Fsp3) is 0.125. The van der Waals surface area contributed by atoms with Gasteiger partial charge in [0.05, 0.1) is 10.6 Å². The highest BCUT2D eigenvalue weighted by atomic mass is 32.1. The Bertz CT molecular complexity index is 1000. The summed E-state index contributed by atoms with van der Waals surface area (Å²) in [6.07, 6.45) is 0. The van der Waals surface area contributed by atoms with Crippen LogP contribution in [0.15, 0.2) is 40.2 Å². The van der Waals surface area contributed by atoms with E-state index in [1.54, 1.807) is 4.68 Å². The second-order valence-corrected chi connectivity index (χ2v) is 6.35. The first kappa shape index (κ1) is 14.6. The van der Waals surface area contributed by atoms with Gasteiger partial charge in [0, 0.05) is 0 Å². The van der Waals surface area contributed by atoms with Crippen molar-refractivity contribution < 1.29 is 4.52 Å². The fourth-order valence-corrected chi connectivity index (χ4v) is 2.96. The molecule has 7 nitrogen and oxygen atoms in total. The number of hydrogen-bond donors (Lipinski definition) is 1. The third-order valence-electron chi connectivity index (χ3n) is 3.81. The van der Waals surface area contributed by atoms with Crippen LogP contribution in [0.5, 0.6) is 0 Å². The lowest BCUT2D eigenvalue weighted by molar-refractivity contribution is 0.431. The molecule has 4 rings (SSSR count). The van der Waals surface area contributed by atoms with Crippen LogP contribution in [0.1, 0.15) is 11.1 Å². The molecular weight excluding hydrogens is 324 g/mol. The predicted molar refractivity (Wildman–Crippen MR) is 91.9 cm³/mol. The molecule has 0 aliphatic carbocycles. The van der Waals surface area contributed by atoms with E-state index < -0.39 is 0 Å². The highest BCUT2D eigenvalue weighted by Gasteiger charge is 2.20. The zero-order valence-corrected chi connectivity index (χ0v) is 13.9. The zero-order chi connectivity index (χ0) is 16.7.